The Morgan fingerprint density at radius 3 is 2.61 bits per heavy atom. The Bertz CT molecular complexity index is 860. The van der Waals surface area contributed by atoms with E-state index >= 15 is 0 Å². The summed E-state index contributed by atoms with van der Waals surface area (Å²) in [6.07, 6.45) is 0. The molecule has 0 saturated heterocycles. The molecule has 23 heavy (non-hydrogen) atoms. The van der Waals surface area contributed by atoms with Gasteiger partial charge in [0.25, 0.3) is 5.91 Å². The summed E-state index contributed by atoms with van der Waals surface area (Å²) in [5.74, 6) is 0.0607. The van der Waals surface area contributed by atoms with Crippen LogP contribution in [0.2, 0.25) is 10.0 Å². The van der Waals surface area contributed by atoms with E-state index in [4.69, 9.17) is 27.7 Å². The Hall–Kier alpha value is -2.30. The van der Waals surface area contributed by atoms with E-state index in [2.05, 4.69) is 10.5 Å². The topological polar surface area (TPSA) is 55.1 Å². The molecular formula is C17H12Cl2N2O2. The predicted octanol–water partition coefficient (Wildman–Crippen LogP) is 5.21. The lowest BCUT2D eigenvalue weighted by Gasteiger charge is -2.08. The van der Waals surface area contributed by atoms with Crippen molar-refractivity contribution >= 4 is 34.8 Å². The van der Waals surface area contributed by atoms with Gasteiger partial charge < -0.3 is 9.84 Å². The van der Waals surface area contributed by atoms with Crippen LogP contribution >= 0.6 is 23.2 Å². The summed E-state index contributed by atoms with van der Waals surface area (Å²) in [6, 6.07) is 14.2. The third kappa shape index (κ3) is 3.23. The fraction of sp³-hybridized carbons (Fsp3) is 0.0588. The van der Waals surface area contributed by atoms with E-state index in [9.17, 15) is 4.79 Å². The van der Waals surface area contributed by atoms with Crippen molar-refractivity contribution in [1.29, 1.82) is 0 Å². The summed E-state index contributed by atoms with van der Waals surface area (Å²) in [7, 11) is 0. The number of anilines is 1. The lowest BCUT2D eigenvalue weighted by atomic mass is 10.1. The number of carbonyl (C=O) groups excluding carboxylic acids is 1. The van der Waals surface area contributed by atoms with E-state index in [1.165, 1.54) is 0 Å². The number of rotatable bonds is 3. The molecule has 1 heterocycles. The van der Waals surface area contributed by atoms with Gasteiger partial charge in [0.15, 0.2) is 5.76 Å². The number of aromatic nitrogens is 1. The van der Waals surface area contributed by atoms with Gasteiger partial charge in [0.05, 0.1) is 16.4 Å². The molecule has 0 spiro atoms. The Kier molecular flexibility index (Phi) is 4.37. The van der Waals surface area contributed by atoms with Crippen LogP contribution in [-0.2, 0) is 0 Å². The Balaban J connectivity index is 1.97. The first kappa shape index (κ1) is 15.6. The van der Waals surface area contributed by atoms with Gasteiger partial charge in [-0.3, -0.25) is 4.79 Å². The average molecular weight is 347 g/mol. The van der Waals surface area contributed by atoms with Gasteiger partial charge in [-0.05, 0) is 25.1 Å². The number of amides is 1. The number of carbonyl (C=O) groups is 1. The zero-order valence-electron chi connectivity index (χ0n) is 12.1. The molecule has 0 unspecified atom stereocenters. The number of halogens is 2. The number of nitrogens with zero attached hydrogens (tertiary/aromatic N) is 1. The van der Waals surface area contributed by atoms with E-state index in [1.54, 1.807) is 25.1 Å². The number of hydrogen-bond donors (Lipinski definition) is 1. The highest BCUT2D eigenvalue weighted by Crippen LogP contribution is 2.29. The molecule has 0 fully saturated rings. The smallest absolute Gasteiger partial charge is 0.261 e. The molecule has 0 atom stereocenters. The van der Waals surface area contributed by atoms with Crippen molar-refractivity contribution in [3.8, 4) is 11.3 Å². The molecule has 0 aliphatic heterocycles. The first-order valence-corrected chi connectivity index (χ1v) is 7.60. The van der Waals surface area contributed by atoms with Gasteiger partial charge in [0, 0.05) is 10.6 Å². The van der Waals surface area contributed by atoms with Crippen molar-refractivity contribution in [2.75, 3.05) is 5.32 Å². The first-order valence-electron chi connectivity index (χ1n) is 6.84. The lowest BCUT2D eigenvalue weighted by molar-refractivity contribution is 0.102. The second-order valence-corrected chi connectivity index (χ2v) is 5.76. The van der Waals surface area contributed by atoms with E-state index < -0.39 is 0 Å². The average Bonchev–Trinajstić information content (AvgIpc) is 2.93. The second-order valence-electron chi connectivity index (χ2n) is 4.92. The first-order chi connectivity index (χ1) is 11.1. The predicted molar refractivity (Wildman–Crippen MR) is 91.1 cm³/mol. The maximum Gasteiger partial charge on any atom is 0.261 e. The molecule has 0 aliphatic carbocycles. The van der Waals surface area contributed by atoms with Gasteiger partial charge in [0.1, 0.15) is 5.56 Å². The molecule has 1 N–H and O–H groups in total. The minimum absolute atomic E-state index is 0.355. The highest BCUT2D eigenvalue weighted by molar-refractivity contribution is 6.36. The van der Waals surface area contributed by atoms with Crippen molar-refractivity contribution in [2.45, 2.75) is 6.92 Å². The molecule has 3 aromatic rings. The molecule has 3 rings (SSSR count). The summed E-state index contributed by atoms with van der Waals surface area (Å²) < 4.78 is 5.32. The summed E-state index contributed by atoms with van der Waals surface area (Å²) in [6.45, 7) is 1.71. The molecular weight excluding hydrogens is 335 g/mol. The Morgan fingerprint density at radius 2 is 1.87 bits per heavy atom. The highest BCUT2D eigenvalue weighted by atomic mass is 35.5. The van der Waals surface area contributed by atoms with Crippen LogP contribution in [0.25, 0.3) is 11.3 Å². The zero-order chi connectivity index (χ0) is 16.4. The van der Waals surface area contributed by atoms with Crippen LogP contribution < -0.4 is 5.32 Å². The maximum atomic E-state index is 12.6. The molecule has 2 aromatic carbocycles. The van der Waals surface area contributed by atoms with Crippen molar-refractivity contribution in [1.82, 2.24) is 5.16 Å². The molecule has 1 aromatic heterocycles. The highest BCUT2D eigenvalue weighted by Gasteiger charge is 2.22. The summed E-state index contributed by atoms with van der Waals surface area (Å²) >= 11 is 12.0. The summed E-state index contributed by atoms with van der Waals surface area (Å²) in [5, 5.41) is 7.53. The van der Waals surface area contributed by atoms with Crippen LogP contribution in [0.3, 0.4) is 0 Å². The molecule has 6 heteroatoms. The molecule has 0 aliphatic rings. The van der Waals surface area contributed by atoms with E-state index in [0.717, 1.165) is 5.56 Å². The second kappa shape index (κ2) is 6.44. The largest absolute Gasteiger partial charge is 0.355 e. The van der Waals surface area contributed by atoms with E-state index in [-0.39, 0.29) is 5.91 Å². The molecule has 4 nitrogen and oxygen atoms in total. The van der Waals surface area contributed by atoms with Crippen molar-refractivity contribution in [3.05, 3.63) is 69.8 Å². The van der Waals surface area contributed by atoms with Crippen LogP contribution in [-0.4, -0.2) is 11.1 Å². The van der Waals surface area contributed by atoms with E-state index in [0.29, 0.717) is 32.8 Å². The quantitative estimate of drug-likeness (QED) is 0.708. The third-order valence-corrected chi connectivity index (χ3v) is 3.87. The van der Waals surface area contributed by atoms with Gasteiger partial charge in [0.2, 0.25) is 0 Å². The third-order valence-electron chi connectivity index (χ3n) is 3.30. The number of benzene rings is 2. The van der Waals surface area contributed by atoms with Crippen molar-refractivity contribution in [3.63, 3.8) is 0 Å². The standard InChI is InChI=1S/C17H12Cl2N2O2/c1-10-15(16(23-21-10)11-5-3-2-4-6-11)17(22)20-14-9-12(18)7-8-13(14)19/h2-9H,1H3,(H,20,22). The summed E-state index contributed by atoms with van der Waals surface area (Å²) in [5.41, 5.74) is 2.07. The minimum atomic E-state index is -0.355. The van der Waals surface area contributed by atoms with Crippen LogP contribution in [0.1, 0.15) is 16.1 Å². The Morgan fingerprint density at radius 1 is 1.13 bits per heavy atom. The fourth-order valence-electron chi connectivity index (χ4n) is 2.20. The SMILES string of the molecule is Cc1noc(-c2ccccc2)c1C(=O)Nc1cc(Cl)ccc1Cl. The van der Waals surface area contributed by atoms with E-state index in [1.807, 2.05) is 30.3 Å². The van der Waals surface area contributed by atoms with Gasteiger partial charge in [-0.1, -0.05) is 58.7 Å². The maximum absolute atomic E-state index is 12.6. The molecule has 1 amide bonds. The van der Waals surface area contributed by atoms with Crippen LogP contribution in [0.5, 0.6) is 0 Å². The van der Waals surface area contributed by atoms with Crippen LogP contribution in [0.15, 0.2) is 53.1 Å². The summed E-state index contributed by atoms with van der Waals surface area (Å²) in [4.78, 5) is 12.6. The lowest BCUT2D eigenvalue weighted by Crippen LogP contribution is -2.13. The minimum Gasteiger partial charge on any atom is -0.355 e. The monoisotopic (exact) mass is 346 g/mol. The number of aryl methyl sites for hydroxylation is 1. The van der Waals surface area contributed by atoms with Crippen LogP contribution in [0.4, 0.5) is 5.69 Å². The van der Waals surface area contributed by atoms with Gasteiger partial charge >= 0.3 is 0 Å². The van der Waals surface area contributed by atoms with Crippen molar-refractivity contribution < 1.29 is 9.32 Å². The molecule has 116 valence electrons. The van der Waals surface area contributed by atoms with Crippen LogP contribution in [0, 0.1) is 6.92 Å². The molecule has 0 bridgehead atoms. The number of nitrogens with one attached hydrogen (secondary N) is 1. The van der Waals surface area contributed by atoms with Crippen molar-refractivity contribution in [2.24, 2.45) is 0 Å². The molecule has 0 radical (unpaired) electrons. The van der Waals surface area contributed by atoms with Gasteiger partial charge in [-0.25, -0.2) is 0 Å². The normalized spacial score (nSPS) is 10.6. The number of hydrogen-bond acceptors (Lipinski definition) is 3. The zero-order valence-corrected chi connectivity index (χ0v) is 13.7. The van der Waals surface area contributed by atoms with Gasteiger partial charge in [-0.2, -0.15) is 0 Å². The fourth-order valence-corrected chi connectivity index (χ4v) is 2.54. The Labute approximate surface area is 143 Å². The molecule has 0 saturated carbocycles. The van der Waals surface area contributed by atoms with Gasteiger partial charge in [-0.15, -0.1) is 0 Å².